The maximum atomic E-state index is 13.2. The zero-order chi connectivity index (χ0) is 13.7. The van der Waals surface area contributed by atoms with Gasteiger partial charge in [-0.15, -0.1) is 0 Å². The van der Waals surface area contributed by atoms with E-state index in [0.29, 0.717) is 6.04 Å². The van der Waals surface area contributed by atoms with E-state index >= 15 is 0 Å². The van der Waals surface area contributed by atoms with Gasteiger partial charge < -0.3 is 10.6 Å². The number of hydrogen-bond donors (Lipinski definition) is 1. The fraction of sp³-hybridized carbons (Fsp3) is 0.625. The molecule has 0 spiro atoms. The smallest absolute Gasteiger partial charge is 0.123 e. The van der Waals surface area contributed by atoms with Gasteiger partial charge in [0.15, 0.2) is 0 Å². The second-order valence-corrected chi connectivity index (χ2v) is 5.74. The Balaban J connectivity index is 1.82. The summed E-state index contributed by atoms with van der Waals surface area (Å²) in [5.41, 5.74) is 6.72. The molecule has 1 saturated heterocycles. The zero-order valence-corrected chi connectivity index (χ0v) is 11.8. The van der Waals surface area contributed by atoms with Crippen molar-refractivity contribution in [2.24, 2.45) is 11.7 Å². The summed E-state index contributed by atoms with van der Waals surface area (Å²) in [5, 5.41) is 0. The van der Waals surface area contributed by atoms with E-state index < -0.39 is 0 Å². The molecule has 106 valence electrons. The van der Waals surface area contributed by atoms with Crippen molar-refractivity contribution in [2.75, 3.05) is 19.6 Å². The molecule has 2 N–H and O–H groups in total. The lowest BCUT2D eigenvalue weighted by molar-refractivity contribution is 0.137. The highest BCUT2D eigenvalue weighted by atomic mass is 19.1. The van der Waals surface area contributed by atoms with Crippen LogP contribution in [0.2, 0.25) is 0 Å². The molecule has 0 bridgehead atoms. The monoisotopic (exact) mass is 264 g/mol. The fourth-order valence-electron chi connectivity index (χ4n) is 3.05. The highest BCUT2D eigenvalue weighted by Crippen LogP contribution is 2.22. The lowest BCUT2D eigenvalue weighted by Crippen LogP contribution is -2.41. The van der Waals surface area contributed by atoms with Crippen LogP contribution in [0.25, 0.3) is 0 Å². The number of likely N-dealkylation sites (tertiary alicyclic amines) is 1. The summed E-state index contributed by atoms with van der Waals surface area (Å²) in [7, 11) is 0. The number of nitrogens with two attached hydrogens (primary N) is 1. The summed E-state index contributed by atoms with van der Waals surface area (Å²) in [5.74, 6) is 0.675. The molecule has 0 radical (unpaired) electrons. The van der Waals surface area contributed by atoms with Crippen LogP contribution < -0.4 is 5.73 Å². The lowest BCUT2D eigenvalue weighted by Gasteiger charge is -2.36. The number of hydrogen-bond acceptors (Lipinski definition) is 2. The molecular formula is C16H25FN2. The molecule has 1 unspecified atom stereocenters. The van der Waals surface area contributed by atoms with Crippen molar-refractivity contribution in [3.8, 4) is 0 Å². The van der Waals surface area contributed by atoms with E-state index in [9.17, 15) is 4.39 Å². The molecule has 1 atom stereocenters. The maximum Gasteiger partial charge on any atom is 0.123 e. The number of benzene rings is 1. The molecule has 0 aromatic heterocycles. The number of halogens is 1. The zero-order valence-electron chi connectivity index (χ0n) is 11.8. The van der Waals surface area contributed by atoms with Gasteiger partial charge in [-0.05, 0) is 75.9 Å². The minimum absolute atomic E-state index is 0.133. The Morgan fingerprint density at radius 3 is 2.74 bits per heavy atom. The maximum absolute atomic E-state index is 13.2. The summed E-state index contributed by atoms with van der Waals surface area (Å²) in [6.45, 7) is 5.36. The molecule has 1 heterocycles. The topological polar surface area (TPSA) is 29.3 Å². The van der Waals surface area contributed by atoms with Crippen LogP contribution >= 0.6 is 0 Å². The van der Waals surface area contributed by atoms with E-state index in [1.807, 2.05) is 6.07 Å². The SMILES string of the molecule is CC(Cc1cccc(F)c1)N1CCC(CCN)CC1. The second-order valence-electron chi connectivity index (χ2n) is 5.74. The summed E-state index contributed by atoms with van der Waals surface area (Å²) >= 11 is 0. The molecule has 19 heavy (non-hydrogen) atoms. The van der Waals surface area contributed by atoms with Gasteiger partial charge in [0, 0.05) is 6.04 Å². The van der Waals surface area contributed by atoms with E-state index in [4.69, 9.17) is 5.73 Å². The Bertz CT molecular complexity index is 386. The van der Waals surface area contributed by atoms with Gasteiger partial charge in [-0.25, -0.2) is 4.39 Å². The highest BCUT2D eigenvalue weighted by molar-refractivity contribution is 5.17. The van der Waals surface area contributed by atoms with Gasteiger partial charge in [-0.1, -0.05) is 12.1 Å². The van der Waals surface area contributed by atoms with Crippen molar-refractivity contribution in [3.05, 3.63) is 35.6 Å². The summed E-state index contributed by atoms with van der Waals surface area (Å²) in [6.07, 6.45) is 4.60. The van der Waals surface area contributed by atoms with Crippen molar-refractivity contribution in [3.63, 3.8) is 0 Å². The van der Waals surface area contributed by atoms with Crippen molar-refractivity contribution in [1.29, 1.82) is 0 Å². The molecule has 1 aliphatic rings. The van der Waals surface area contributed by atoms with Gasteiger partial charge in [0.05, 0.1) is 0 Å². The molecule has 1 aromatic rings. The molecular weight excluding hydrogens is 239 g/mol. The summed E-state index contributed by atoms with van der Waals surface area (Å²) in [6, 6.07) is 7.45. The van der Waals surface area contributed by atoms with E-state index in [-0.39, 0.29) is 5.82 Å². The van der Waals surface area contributed by atoms with E-state index in [1.54, 1.807) is 12.1 Å². The number of rotatable bonds is 5. The van der Waals surface area contributed by atoms with Crippen molar-refractivity contribution in [1.82, 2.24) is 4.90 Å². The molecule has 1 aliphatic heterocycles. The molecule has 1 aromatic carbocycles. The predicted octanol–water partition coefficient (Wildman–Crippen LogP) is 2.82. The summed E-state index contributed by atoms with van der Waals surface area (Å²) < 4.78 is 13.2. The lowest BCUT2D eigenvalue weighted by atomic mass is 9.92. The molecule has 0 aliphatic carbocycles. The Labute approximate surface area is 115 Å². The standard InChI is InChI=1S/C16H25FN2/c1-13(11-15-3-2-4-16(17)12-15)19-9-6-14(5-8-18)7-10-19/h2-4,12-14H,5-11,18H2,1H3. The quantitative estimate of drug-likeness (QED) is 0.886. The normalized spacial score (nSPS) is 19.5. The number of piperidine rings is 1. The van der Waals surface area contributed by atoms with Gasteiger partial charge in [-0.2, -0.15) is 0 Å². The van der Waals surface area contributed by atoms with Crippen LogP contribution in [-0.4, -0.2) is 30.6 Å². The second kappa shape index (κ2) is 7.01. The fourth-order valence-corrected chi connectivity index (χ4v) is 3.05. The van der Waals surface area contributed by atoms with Crippen molar-refractivity contribution in [2.45, 2.75) is 38.6 Å². The van der Waals surface area contributed by atoms with Gasteiger partial charge in [0.2, 0.25) is 0 Å². The first-order valence-electron chi connectivity index (χ1n) is 7.37. The number of nitrogens with zero attached hydrogens (tertiary/aromatic N) is 1. The van der Waals surface area contributed by atoms with Crippen LogP contribution in [0.3, 0.4) is 0 Å². The Morgan fingerprint density at radius 2 is 2.11 bits per heavy atom. The molecule has 2 nitrogen and oxygen atoms in total. The first kappa shape index (κ1) is 14.5. The third-order valence-electron chi connectivity index (χ3n) is 4.27. The van der Waals surface area contributed by atoms with Crippen LogP contribution in [0.1, 0.15) is 31.7 Å². The van der Waals surface area contributed by atoms with Gasteiger partial charge in [-0.3, -0.25) is 0 Å². The van der Waals surface area contributed by atoms with Crippen molar-refractivity contribution >= 4 is 0 Å². The molecule has 0 amide bonds. The molecule has 0 saturated carbocycles. The Kier molecular flexibility index (Phi) is 5.34. The van der Waals surface area contributed by atoms with Gasteiger partial charge in [0.25, 0.3) is 0 Å². The average molecular weight is 264 g/mol. The Hall–Kier alpha value is -0.930. The van der Waals surface area contributed by atoms with Gasteiger partial charge >= 0.3 is 0 Å². The van der Waals surface area contributed by atoms with Crippen LogP contribution in [0.5, 0.6) is 0 Å². The van der Waals surface area contributed by atoms with Gasteiger partial charge in [0.1, 0.15) is 5.82 Å². The minimum Gasteiger partial charge on any atom is -0.330 e. The predicted molar refractivity (Wildman–Crippen MR) is 77.5 cm³/mol. The van der Waals surface area contributed by atoms with Crippen LogP contribution in [0, 0.1) is 11.7 Å². The summed E-state index contributed by atoms with van der Waals surface area (Å²) in [4.78, 5) is 2.53. The van der Waals surface area contributed by atoms with Crippen LogP contribution in [0.15, 0.2) is 24.3 Å². The van der Waals surface area contributed by atoms with E-state index in [0.717, 1.165) is 44.0 Å². The molecule has 3 heteroatoms. The average Bonchev–Trinajstić information content (AvgIpc) is 2.40. The molecule has 2 rings (SSSR count). The third-order valence-corrected chi connectivity index (χ3v) is 4.27. The third kappa shape index (κ3) is 4.29. The first-order valence-corrected chi connectivity index (χ1v) is 7.37. The minimum atomic E-state index is -0.133. The Morgan fingerprint density at radius 1 is 1.37 bits per heavy atom. The van der Waals surface area contributed by atoms with Crippen LogP contribution in [0.4, 0.5) is 4.39 Å². The highest BCUT2D eigenvalue weighted by Gasteiger charge is 2.22. The largest absolute Gasteiger partial charge is 0.330 e. The van der Waals surface area contributed by atoms with Crippen molar-refractivity contribution < 1.29 is 4.39 Å². The van der Waals surface area contributed by atoms with E-state index in [1.165, 1.54) is 18.9 Å². The molecule has 1 fully saturated rings. The van der Waals surface area contributed by atoms with E-state index in [2.05, 4.69) is 11.8 Å². The van der Waals surface area contributed by atoms with Crippen LogP contribution in [-0.2, 0) is 6.42 Å². The first-order chi connectivity index (χ1) is 9.19.